The van der Waals surface area contributed by atoms with E-state index in [4.69, 9.17) is 5.11 Å². The topological polar surface area (TPSA) is 66.0 Å². The average molecular weight is 268 g/mol. The zero-order valence-corrected chi connectivity index (χ0v) is 11.9. The van der Waals surface area contributed by atoms with E-state index in [0.29, 0.717) is 11.3 Å². The molecule has 0 aromatic carbocycles. The first kappa shape index (κ1) is 13.5. The lowest BCUT2D eigenvalue weighted by Gasteiger charge is -2.33. The van der Waals surface area contributed by atoms with Crippen LogP contribution >= 0.6 is 11.8 Å². The second-order valence-corrected chi connectivity index (χ2v) is 6.92. The van der Waals surface area contributed by atoms with Crippen LogP contribution < -0.4 is 0 Å². The Morgan fingerprint density at radius 2 is 2.28 bits per heavy atom. The van der Waals surface area contributed by atoms with Gasteiger partial charge in [0.1, 0.15) is 0 Å². The van der Waals surface area contributed by atoms with E-state index in [1.54, 1.807) is 0 Å². The standard InChI is InChI=1S/C13H20N2O2S/c1-13(2,3)8-4-5-9-10(6-8)15-12(14-9)18-7-11(16)17/h8H,4-7H2,1-3H3,(H,14,15)(H,16,17). The van der Waals surface area contributed by atoms with E-state index in [9.17, 15) is 4.79 Å². The van der Waals surface area contributed by atoms with E-state index in [1.165, 1.54) is 23.9 Å². The summed E-state index contributed by atoms with van der Waals surface area (Å²) in [5.41, 5.74) is 2.65. The zero-order chi connectivity index (χ0) is 13.3. The van der Waals surface area contributed by atoms with Gasteiger partial charge in [-0.1, -0.05) is 32.5 Å². The van der Waals surface area contributed by atoms with Crippen molar-refractivity contribution in [3.8, 4) is 0 Å². The van der Waals surface area contributed by atoms with Crippen LogP contribution in [0.25, 0.3) is 0 Å². The van der Waals surface area contributed by atoms with Crippen molar-refractivity contribution in [1.29, 1.82) is 0 Å². The molecule has 0 spiro atoms. The van der Waals surface area contributed by atoms with E-state index in [0.717, 1.165) is 23.7 Å². The number of hydrogen-bond acceptors (Lipinski definition) is 3. The summed E-state index contributed by atoms with van der Waals surface area (Å²) in [4.78, 5) is 18.3. The van der Waals surface area contributed by atoms with Crippen LogP contribution in [0, 0.1) is 11.3 Å². The van der Waals surface area contributed by atoms with Gasteiger partial charge in [-0.2, -0.15) is 0 Å². The summed E-state index contributed by atoms with van der Waals surface area (Å²) in [5, 5.41) is 9.41. The van der Waals surface area contributed by atoms with Crippen LogP contribution in [-0.4, -0.2) is 26.8 Å². The van der Waals surface area contributed by atoms with E-state index in [2.05, 4.69) is 30.7 Å². The van der Waals surface area contributed by atoms with Gasteiger partial charge in [-0.15, -0.1) is 0 Å². The monoisotopic (exact) mass is 268 g/mol. The molecule has 0 saturated heterocycles. The third-order valence-electron chi connectivity index (χ3n) is 3.58. The first-order valence-electron chi connectivity index (χ1n) is 6.28. The normalized spacial score (nSPS) is 19.6. The third kappa shape index (κ3) is 3.07. The molecule has 18 heavy (non-hydrogen) atoms. The molecule has 1 heterocycles. The number of rotatable bonds is 3. The number of imidazole rings is 1. The molecule has 1 aliphatic carbocycles. The van der Waals surface area contributed by atoms with Crippen molar-refractivity contribution in [3.05, 3.63) is 11.4 Å². The minimum absolute atomic E-state index is 0.0646. The summed E-state index contributed by atoms with van der Waals surface area (Å²) in [7, 11) is 0. The minimum Gasteiger partial charge on any atom is -0.481 e. The minimum atomic E-state index is -0.804. The summed E-state index contributed by atoms with van der Waals surface area (Å²) in [6.45, 7) is 6.83. The number of hydrogen-bond donors (Lipinski definition) is 2. The van der Waals surface area contributed by atoms with Gasteiger partial charge < -0.3 is 10.1 Å². The van der Waals surface area contributed by atoms with Gasteiger partial charge in [0.2, 0.25) is 0 Å². The number of H-pyrrole nitrogens is 1. The number of carbonyl (C=O) groups is 1. The Balaban J connectivity index is 2.07. The molecule has 2 N–H and O–H groups in total. The summed E-state index contributed by atoms with van der Waals surface area (Å²) in [5.74, 6) is -0.0699. The quantitative estimate of drug-likeness (QED) is 0.827. The highest BCUT2D eigenvalue weighted by Gasteiger charge is 2.30. The number of fused-ring (bicyclic) bond motifs is 1. The molecule has 1 aromatic rings. The SMILES string of the molecule is CC(C)(C)C1CCc2nc(SCC(=O)O)[nH]c2C1. The lowest BCUT2D eigenvalue weighted by atomic mass is 9.73. The summed E-state index contributed by atoms with van der Waals surface area (Å²) in [6, 6.07) is 0. The third-order valence-corrected chi connectivity index (χ3v) is 4.44. The van der Waals surface area contributed by atoms with Gasteiger partial charge in [0.15, 0.2) is 5.16 Å². The maximum Gasteiger partial charge on any atom is 0.313 e. The first-order valence-corrected chi connectivity index (χ1v) is 7.27. The molecule has 2 rings (SSSR count). The van der Waals surface area contributed by atoms with E-state index >= 15 is 0 Å². The molecule has 0 fully saturated rings. The largest absolute Gasteiger partial charge is 0.481 e. The number of nitrogens with zero attached hydrogens (tertiary/aromatic N) is 1. The van der Waals surface area contributed by atoms with E-state index in [-0.39, 0.29) is 5.75 Å². The van der Waals surface area contributed by atoms with Crippen LogP contribution in [-0.2, 0) is 17.6 Å². The van der Waals surface area contributed by atoms with Crippen LogP contribution in [0.3, 0.4) is 0 Å². The Morgan fingerprint density at radius 3 is 2.89 bits per heavy atom. The van der Waals surface area contributed by atoms with Crippen molar-refractivity contribution < 1.29 is 9.90 Å². The number of carboxylic acid groups (broad SMARTS) is 1. The zero-order valence-electron chi connectivity index (χ0n) is 11.1. The van der Waals surface area contributed by atoms with Gasteiger partial charge >= 0.3 is 5.97 Å². The molecule has 1 unspecified atom stereocenters. The summed E-state index contributed by atoms with van der Waals surface area (Å²) < 4.78 is 0. The van der Waals surface area contributed by atoms with Gasteiger partial charge in [0, 0.05) is 5.69 Å². The van der Waals surface area contributed by atoms with Gasteiger partial charge in [0.05, 0.1) is 11.4 Å². The molecule has 4 nitrogen and oxygen atoms in total. The van der Waals surface area contributed by atoms with Crippen LogP contribution in [0.4, 0.5) is 0 Å². The highest BCUT2D eigenvalue weighted by atomic mass is 32.2. The number of thioether (sulfide) groups is 1. The molecule has 0 bridgehead atoms. The maximum atomic E-state index is 10.5. The Morgan fingerprint density at radius 1 is 1.56 bits per heavy atom. The fourth-order valence-corrected chi connectivity index (χ4v) is 3.02. The predicted octanol–water partition coefficient (Wildman–Crippen LogP) is 2.74. The molecule has 1 atom stereocenters. The molecule has 100 valence electrons. The Hall–Kier alpha value is -0.970. The van der Waals surface area contributed by atoms with Crippen molar-refractivity contribution in [3.63, 3.8) is 0 Å². The molecule has 0 saturated carbocycles. The number of aryl methyl sites for hydroxylation is 1. The number of aliphatic carboxylic acids is 1. The second kappa shape index (κ2) is 4.96. The number of carboxylic acids is 1. The van der Waals surface area contributed by atoms with Crippen LogP contribution in [0.5, 0.6) is 0 Å². The molecule has 5 heteroatoms. The van der Waals surface area contributed by atoms with Gasteiger partial charge in [-0.05, 0) is 30.6 Å². The summed E-state index contributed by atoms with van der Waals surface area (Å²) >= 11 is 1.26. The molecule has 0 radical (unpaired) electrons. The lowest BCUT2D eigenvalue weighted by molar-refractivity contribution is -0.133. The van der Waals surface area contributed by atoms with E-state index in [1.807, 2.05) is 0 Å². The van der Waals surface area contributed by atoms with E-state index < -0.39 is 5.97 Å². The Labute approximate surface area is 112 Å². The number of aromatic amines is 1. The number of nitrogens with one attached hydrogen (secondary N) is 1. The summed E-state index contributed by atoms with van der Waals surface area (Å²) in [6.07, 6.45) is 3.20. The van der Waals surface area contributed by atoms with Crippen LogP contribution in [0.1, 0.15) is 38.6 Å². The van der Waals surface area contributed by atoms with Gasteiger partial charge in [0.25, 0.3) is 0 Å². The van der Waals surface area contributed by atoms with Crippen molar-refractivity contribution in [1.82, 2.24) is 9.97 Å². The van der Waals surface area contributed by atoms with Crippen LogP contribution in [0.2, 0.25) is 0 Å². The fraction of sp³-hybridized carbons (Fsp3) is 0.692. The highest BCUT2D eigenvalue weighted by molar-refractivity contribution is 7.99. The average Bonchev–Trinajstić information content (AvgIpc) is 2.66. The molecular formula is C13H20N2O2S. The van der Waals surface area contributed by atoms with Crippen molar-refractivity contribution >= 4 is 17.7 Å². The predicted molar refractivity (Wildman–Crippen MR) is 71.9 cm³/mol. The molecule has 1 aliphatic rings. The van der Waals surface area contributed by atoms with Crippen molar-refractivity contribution in [2.45, 2.75) is 45.2 Å². The Bertz CT molecular complexity index is 448. The molecule has 1 aromatic heterocycles. The fourth-order valence-electron chi connectivity index (χ4n) is 2.39. The van der Waals surface area contributed by atoms with Gasteiger partial charge in [-0.25, -0.2) is 4.98 Å². The van der Waals surface area contributed by atoms with Crippen molar-refractivity contribution in [2.75, 3.05) is 5.75 Å². The smallest absolute Gasteiger partial charge is 0.313 e. The highest BCUT2D eigenvalue weighted by Crippen LogP contribution is 2.37. The Kier molecular flexibility index (Phi) is 3.71. The maximum absolute atomic E-state index is 10.5. The van der Waals surface area contributed by atoms with Crippen molar-refractivity contribution in [2.24, 2.45) is 11.3 Å². The lowest BCUT2D eigenvalue weighted by Crippen LogP contribution is -2.26. The number of aromatic nitrogens is 2. The molecule has 0 aliphatic heterocycles. The first-order chi connectivity index (χ1) is 8.36. The molecule has 0 amide bonds. The van der Waals surface area contributed by atoms with Gasteiger partial charge in [-0.3, -0.25) is 4.79 Å². The molecular weight excluding hydrogens is 248 g/mol. The van der Waals surface area contributed by atoms with Crippen LogP contribution in [0.15, 0.2) is 5.16 Å². The second-order valence-electron chi connectivity index (χ2n) is 5.96.